The summed E-state index contributed by atoms with van der Waals surface area (Å²) in [5, 5.41) is 16.4. The minimum Gasteiger partial charge on any atom is -0.496 e. The predicted molar refractivity (Wildman–Crippen MR) is 112 cm³/mol. The topological polar surface area (TPSA) is 44.7 Å². The molecule has 27 heavy (non-hydrogen) atoms. The van der Waals surface area contributed by atoms with E-state index in [0.29, 0.717) is 0 Å². The number of para-hydroxylation sites is 1. The molecular weight excluding hydrogens is 356 g/mol. The largest absolute Gasteiger partial charge is 0.496 e. The molecule has 0 radical (unpaired) electrons. The van der Waals surface area contributed by atoms with Gasteiger partial charge in [-0.15, -0.1) is 0 Å². The third kappa shape index (κ3) is 3.33. The molecule has 148 valence electrons. The predicted octanol–water partition coefficient (Wildman–Crippen LogP) is 4.01. The standard InChI is InChI=1S/C22H32N2O2S/c1-26-18-10-4-3-9-17(18)12-16-24-20(27)23-21(13-6-2-7-14-21)19-11-5-8-15-22(19,24)25/h3-4,9-10,19,25H,2,5-8,11-16H2,1H3,(H,23,27)/t19-,22-/m0/s1. The molecule has 2 saturated carbocycles. The van der Waals surface area contributed by atoms with Gasteiger partial charge in [0.25, 0.3) is 0 Å². The second kappa shape index (κ2) is 7.59. The van der Waals surface area contributed by atoms with E-state index in [2.05, 4.69) is 16.3 Å². The summed E-state index contributed by atoms with van der Waals surface area (Å²) in [5.74, 6) is 1.17. The van der Waals surface area contributed by atoms with Gasteiger partial charge in [-0.3, -0.25) is 0 Å². The minimum atomic E-state index is -0.806. The number of methoxy groups -OCH3 is 1. The monoisotopic (exact) mass is 388 g/mol. The van der Waals surface area contributed by atoms with E-state index in [9.17, 15) is 5.11 Å². The summed E-state index contributed by atoms with van der Waals surface area (Å²) in [6.45, 7) is 0.718. The van der Waals surface area contributed by atoms with Crippen LogP contribution in [0.1, 0.15) is 63.4 Å². The van der Waals surface area contributed by atoms with Crippen molar-refractivity contribution in [1.29, 1.82) is 0 Å². The van der Waals surface area contributed by atoms with Crippen molar-refractivity contribution in [3.63, 3.8) is 0 Å². The Morgan fingerprint density at radius 2 is 1.89 bits per heavy atom. The highest BCUT2D eigenvalue weighted by Gasteiger charge is 2.58. The van der Waals surface area contributed by atoms with Crippen molar-refractivity contribution in [2.75, 3.05) is 13.7 Å². The van der Waals surface area contributed by atoms with Crippen molar-refractivity contribution in [2.45, 2.75) is 75.5 Å². The average molecular weight is 389 g/mol. The minimum absolute atomic E-state index is 0.00540. The molecule has 0 amide bonds. The normalized spacial score (nSPS) is 29.9. The van der Waals surface area contributed by atoms with Crippen molar-refractivity contribution >= 4 is 17.3 Å². The SMILES string of the molecule is COc1ccccc1CCN1C(=S)NC2(CCCCC2)[C@@H]2CCCC[C@]21O. The van der Waals surface area contributed by atoms with Crippen LogP contribution in [0.5, 0.6) is 5.75 Å². The molecule has 2 N–H and O–H groups in total. The Kier molecular flexibility index (Phi) is 5.34. The first-order valence-electron chi connectivity index (χ1n) is 10.5. The molecular formula is C22H32N2O2S. The van der Waals surface area contributed by atoms with Crippen molar-refractivity contribution in [1.82, 2.24) is 10.2 Å². The highest BCUT2D eigenvalue weighted by molar-refractivity contribution is 7.80. The fourth-order valence-corrected chi connectivity index (χ4v) is 6.27. The van der Waals surface area contributed by atoms with Gasteiger partial charge in [0.2, 0.25) is 0 Å². The maximum absolute atomic E-state index is 11.9. The maximum atomic E-state index is 11.9. The van der Waals surface area contributed by atoms with Gasteiger partial charge < -0.3 is 20.1 Å². The van der Waals surface area contributed by atoms with Gasteiger partial charge in [0.1, 0.15) is 11.5 Å². The first-order valence-corrected chi connectivity index (χ1v) is 10.9. The lowest BCUT2D eigenvalue weighted by Crippen LogP contribution is -2.75. The number of benzene rings is 1. The maximum Gasteiger partial charge on any atom is 0.171 e. The molecule has 0 unspecified atom stereocenters. The first kappa shape index (κ1) is 19.0. The number of nitrogens with zero attached hydrogens (tertiary/aromatic N) is 1. The zero-order chi connectivity index (χ0) is 18.9. The fourth-order valence-electron chi connectivity index (χ4n) is 5.82. The van der Waals surface area contributed by atoms with Crippen molar-refractivity contribution < 1.29 is 9.84 Å². The summed E-state index contributed by atoms with van der Waals surface area (Å²) in [4.78, 5) is 2.10. The van der Waals surface area contributed by atoms with Crippen LogP contribution in [0.3, 0.4) is 0 Å². The molecule has 1 aromatic rings. The van der Waals surface area contributed by atoms with Crippen LogP contribution < -0.4 is 10.1 Å². The summed E-state index contributed by atoms with van der Waals surface area (Å²) >= 11 is 5.82. The number of thiocarbonyl (C=S) groups is 1. The van der Waals surface area contributed by atoms with Gasteiger partial charge in [0.05, 0.1) is 7.11 Å². The Morgan fingerprint density at radius 1 is 1.15 bits per heavy atom. The Labute approximate surface area is 168 Å². The van der Waals surface area contributed by atoms with Gasteiger partial charge in [-0.25, -0.2) is 0 Å². The third-order valence-electron chi connectivity index (χ3n) is 7.12. The second-order valence-electron chi connectivity index (χ2n) is 8.54. The van der Waals surface area contributed by atoms with Gasteiger partial charge in [-0.2, -0.15) is 0 Å². The smallest absolute Gasteiger partial charge is 0.171 e. The molecule has 4 nitrogen and oxygen atoms in total. The van der Waals surface area contributed by atoms with Crippen LogP contribution in [-0.4, -0.2) is 40.0 Å². The molecule has 1 aliphatic heterocycles. The van der Waals surface area contributed by atoms with Crippen LogP contribution in [0.4, 0.5) is 0 Å². The van der Waals surface area contributed by atoms with Crippen LogP contribution in [0, 0.1) is 5.92 Å². The van der Waals surface area contributed by atoms with E-state index < -0.39 is 5.72 Å². The van der Waals surface area contributed by atoms with Crippen LogP contribution in [0.25, 0.3) is 0 Å². The van der Waals surface area contributed by atoms with Crippen LogP contribution >= 0.6 is 12.2 Å². The zero-order valence-corrected chi connectivity index (χ0v) is 17.2. The van der Waals surface area contributed by atoms with E-state index in [1.54, 1.807) is 7.11 Å². The molecule has 3 fully saturated rings. The van der Waals surface area contributed by atoms with Crippen molar-refractivity contribution in [3.8, 4) is 5.75 Å². The van der Waals surface area contributed by atoms with E-state index in [-0.39, 0.29) is 11.5 Å². The van der Waals surface area contributed by atoms with Crippen molar-refractivity contribution in [2.24, 2.45) is 5.92 Å². The molecule has 0 aromatic heterocycles. The molecule has 1 spiro atoms. The summed E-state index contributed by atoms with van der Waals surface area (Å²) in [6, 6.07) is 8.13. The highest BCUT2D eigenvalue weighted by Crippen LogP contribution is 2.50. The number of rotatable bonds is 4. The number of ether oxygens (including phenoxy) is 1. The molecule has 1 heterocycles. The molecule has 5 heteroatoms. The van der Waals surface area contributed by atoms with E-state index in [0.717, 1.165) is 61.5 Å². The van der Waals surface area contributed by atoms with E-state index >= 15 is 0 Å². The highest BCUT2D eigenvalue weighted by atomic mass is 32.1. The molecule has 1 aromatic carbocycles. The fraction of sp³-hybridized carbons (Fsp3) is 0.682. The second-order valence-corrected chi connectivity index (χ2v) is 8.92. The summed E-state index contributed by atoms with van der Waals surface area (Å²) in [6.07, 6.45) is 11.1. The van der Waals surface area contributed by atoms with Gasteiger partial charge in [0.15, 0.2) is 5.11 Å². The molecule has 2 aliphatic carbocycles. The van der Waals surface area contributed by atoms with Gasteiger partial charge >= 0.3 is 0 Å². The Morgan fingerprint density at radius 3 is 2.67 bits per heavy atom. The summed E-state index contributed by atoms with van der Waals surface area (Å²) in [5.41, 5.74) is 0.363. The molecule has 2 atom stereocenters. The number of aliphatic hydroxyl groups is 1. The van der Waals surface area contributed by atoms with Gasteiger partial charge in [0, 0.05) is 18.0 Å². The lowest BCUT2D eigenvalue weighted by Gasteiger charge is -2.61. The Bertz CT molecular complexity index is 689. The first-order chi connectivity index (χ1) is 13.1. The number of fused-ring (bicyclic) bond motifs is 2. The number of hydrogen-bond donors (Lipinski definition) is 2. The summed E-state index contributed by atoms with van der Waals surface area (Å²) in [7, 11) is 1.71. The van der Waals surface area contributed by atoms with Gasteiger partial charge in [-0.05, 0) is 62.4 Å². The van der Waals surface area contributed by atoms with E-state index in [1.807, 2.05) is 18.2 Å². The quantitative estimate of drug-likeness (QED) is 0.763. The molecule has 4 rings (SSSR count). The van der Waals surface area contributed by atoms with Crippen LogP contribution in [0.2, 0.25) is 0 Å². The third-order valence-corrected chi connectivity index (χ3v) is 7.45. The molecule has 1 saturated heterocycles. The number of nitrogens with one attached hydrogen (secondary N) is 1. The average Bonchev–Trinajstić information content (AvgIpc) is 2.68. The van der Waals surface area contributed by atoms with Gasteiger partial charge in [-0.1, -0.05) is 43.9 Å². The summed E-state index contributed by atoms with van der Waals surface area (Å²) < 4.78 is 5.50. The Balaban J connectivity index is 1.58. The van der Waals surface area contributed by atoms with E-state index in [4.69, 9.17) is 17.0 Å². The zero-order valence-electron chi connectivity index (χ0n) is 16.4. The van der Waals surface area contributed by atoms with Crippen LogP contribution in [-0.2, 0) is 6.42 Å². The number of hydrogen-bond acceptors (Lipinski definition) is 3. The molecule has 0 bridgehead atoms. The van der Waals surface area contributed by atoms with Crippen LogP contribution in [0.15, 0.2) is 24.3 Å². The Hall–Kier alpha value is -1.33. The lowest BCUT2D eigenvalue weighted by molar-refractivity contribution is -0.181. The molecule has 3 aliphatic rings. The van der Waals surface area contributed by atoms with Crippen molar-refractivity contribution in [3.05, 3.63) is 29.8 Å². The lowest BCUT2D eigenvalue weighted by atomic mass is 9.62. The van der Waals surface area contributed by atoms with E-state index in [1.165, 1.54) is 25.7 Å².